The molecule has 3 N–H and O–H groups in total. The Morgan fingerprint density at radius 3 is 2.93 bits per heavy atom. The van der Waals surface area contributed by atoms with Gasteiger partial charge in [0, 0.05) is 23.7 Å². The van der Waals surface area contributed by atoms with E-state index < -0.39 is 0 Å². The molecule has 0 amide bonds. The molecule has 1 aromatic heterocycles. The molecule has 0 aliphatic heterocycles. The molecule has 1 aromatic rings. The van der Waals surface area contributed by atoms with Gasteiger partial charge < -0.3 is 11.1 Å². The van der Waals surface area contributed by atoms with Crippen molar-refractivity contribution in [2.45, 2.75) is 38.8 Å². The van der Waals surface area contributed by atoms with Gasteiger partial charge >= 0.3 is 0 Å². The zero-order valence-corrected chi connectivity index (χ0v) is 9.90. The van der Waals surface area contributed by atoms with Crippen LogP contribution in [0.1, 0.15) is 38.2 Å². The summed E-state index contributed by atoms with van der Waals surface area (Å²) < 4.78 is 0. The van der Waals surface area contributed by atoms with E-state index in [4.69, 9.17) is 5.73 Å². The third-order valence-corrected chi connectivity index (χ3v) is 3.40. The van der Waals surface area contributed by atoms with Crippen molar-refractivity contribution in [2.24, 2.45) is 5.73 Å². The lowest BCUT2D eigenvalue weighted by molar-refractivity contribution is 0.393. The number of thiazole rings is 1. The lowest BCUT2D eigenvalue weighted by Crippen LogP contribution is -2.46. The molecule has 0 fully saturated rings. The summed E-state index contributed by atoms with van der Waals surface area (Å²) in [5, 5.41) is 6.52. The van der Waals surface area contributed by atoms with Crippen LogP contribution in [-0.2, 0) is 0 Å². The van der Waals surface area contributed by atoms with Crippen molar-refractivity contribution in [3.63, 3.8) is 0 Å². The molecule has 4 heteroatoms. The predicted octanol–water partition coefficient (Wildman–Crippen LogP) is 1.92. The number of nitrogens with one attached hydrogen (secondary N) is 1. The van der Waals surface area contributed by atoms with Crippen LogP contribution in [0.25, 0.3) is 0 Å². The van der Waals surface area contributed by atoms with Gasteiger partial charge in [-0.2, -0.15) is 0 Å². The van der Waals surface area contributed by atoms with Crippen molar-refractivity contribution in [1.29, 1.82) is 0 Å². The maximum absolute atomic E-state index is 6.04. The molecule has 0 aliphatic carbocycles. The molecular weight excluding hydrogens is 194 g/mol. The highest BCUT2D eigenvalue weighted by Gasteiger charge is 2.17. The van der Waals surface area contributed by atoms with Crippen LogP contribution in [0.15, 0.2) is 11.6 Å². The molecule has 0 aliphatic rings. The van der Waals surface area contributed by atoms with Crippen LogP contribution in [0.3, 0.4) is 0 Å². The topological polar surface area (TPSA) is 50.9 Å². The molecule has 0 aromatic carbocycles. The number of nitrogens with two attached hydrogens (primary N) is 1. The molecule has 0 saturated carbocycles. The molecule has 3 nitrogen and oxygen atoms in total. The minimum atomic E-state index is -0.120. The van der Waals surface area contributed by atoms with Crippen LogP contribution in [0.2, 0.25) is 0 Å². The molecule has 1 rings (SSSR count). The van der Waals surface area contributed by atoms with Gasteiger partial charge in [-0.1, -0.05) is 6.92 Å². The first-order chi connectivity index (χ1) is 6.55. The average molecular weight is 213 g/mol. The Kier molecular flexibility index (Phi) is 4.04. The lowest BCUT2D eigenvalue weighted by atomic mass is 10.0. The minimum absolute atomic E-state index is 0.120. The quantitative estimate of drug-likeness (QED) is 0.785. The highest BCUT2D eigenvalue weighted by molar-refractivity contribution is 7.09. The fourth-order valence-corrected chi connectivity index (χ4v) is 1.72. The summed E-state index contributed by atoms with van der Waals surface area (Å²) in [5.74, 6) is 0. The van der Waals surface area contributed by atoms with Crippen LogP contribution < -0.4 is 11.1 Å². The van der Waals surface area contributed by atoms with E-state index in [9.17, 15) is 0 Å². The van der Waals surface area contributed by atoms with E-state index in [-0.39, 0.29) is 5.54 Å². The predicted molar refractivity (Wildman–Crippen MR) is 61.4 cm³/mol. The third kappa shape index (κ3) is 3.36. The van der Waals surface area contributed by atoms with E-state index in [0.29, 0.717) is 6.04 Å². The summed E-state index contributed by atoms with van der Waals surface area (Å²) >= 11 is 1.67. The van der Waals surface area contributed by atoms with E-state index in [1.54, 1.807) is 11.3 Å². The Balaban J connectivity index is 2.39. The average Bonchev–Trinajstić information content (AvgIpc) is 2.67. The highest BCUT2D eigenvalue weighted by Crippen LogP contribution is 2.15. The van der Waals surface area contributed by atoms with Gasteiger partial charge in [0.15, 0.2) is 0 Å². The minimum Gasteiger partial charge on any atom is -0.324 e. The Morgan fingerprint density at radius 1 is 1.71 bits per heavy atom. The summed E-state index contributed by atoms with van der Waals surface area (Å²) in [6.07, 6.45) is 2.81. The van der Waals surface area contributed by atoms with E-state index in [1.807, 2.05) is 11.6 Å². The largest absolute Gasteiger partial charge is 0.324 e. The second-order valence-electron chi connectivity index (χ2n) is 3.98. The monoisotopic (exact) mass is 213 g/mol. The molecule has 0 saturated heterocycles. The Hall–Kier alpha value is -0.450. The van der Waals surface area contributed by atoms with E-state index >= 15 is 0 Å². The van der Waals surface area contributed by atoms with Gasteiger partial charge in [-0.25, -0.2) is 4.98 Å². The summed E-state index contributed by atoms with van der Waals surface area (Å²) in [6, 6.07) is 0.296. The molecule has 0 spiro atoms. The van der Waals surface area contributed by atoms with Crippen molar-refractivity contribution in [3.8, 4) is 0 Å². The zero-order chi connectivity index (χ0) is 10.6. The van der Waals surface area contributed by atoms with E-state index in [1.165, 1.54) is 0 Å². The molecular formula is C10H19N3S. The fraction of sp³-hybridized carbons (Fsp3) is 0.700. The lowest BCUT2D eigenvalue weighted by Gasteiger charge is -2.25. The first kappa shape index (κ1) is 11.6. The molecule has 0 radical (unpaired) electrons. The van der Waals surface area contributed by atoms with Gasteiger partial charge in [-0.3, -0.25) is 0 Å². The smallest absolute Gasteiger partial charge is 0.109 e. The number of rotatable bonds is 5. The van der Waals surface area contributed by atoms with Gasteiger partial charge in [0.2, 0.25) is 0 Å². The van der Waals surface area contributed by atoms with Gasteiger partial charge in [-0.05, 0) is 20.3 Å². The number of aromatic nitrogens is 1. The standard InChI is InChI=1S/C10H19N3S/c1-4-10(3,11)7-13-8(2)9-12-5-6-14-9/h5-6,8,13H,4,7,11H2,1-3H3. The number of hydrogen-bond donors (Lipinski definition) is 2. The zero-order valence-electron chi connectivity index (χ0n) is 9.08. The van der Waals surface area contributed by atoms with Gasteiger partial charge in [0.25, 0.3) is 0 Å². The Bertz CT molecular complexity index is 256. The number of hydrogen-bond acceptors (Lipinski definition) is 4. The highest BCUT2D eigenvalue weighted by atomic mass is 32.1. The summed E-state index contributed by atoms with van der Waals surface area (Å²) in [7, 11) is 0. The van der Waals surface area contributed by atoms with Crippen LogP contribution in [0, 0.1) is 0 Å². The summed E-state index contributed by atoms with van der Waals surface area (Å²) in [4.78, 5) is 4.26. The summed E-state index contributed by atoms with van der Waals surface area (Å²) in [5.41, 5.74) is 5.92. The van der Waals surface area contributed by atoms with Crippen LogP contribution in [-0.4, -0.2) is 17.1 Å². The van der Waals surface area contributed by atoms with Crippen molar-refractivity contribution in [1.82, 2.24) is 10.3 Å². The Labute approximate surface area is 89.7 Å². The van der Waals surface area contributed by atoms with E-state index in [2.05, 4.69) is 31.1 Å². The van der Waals surface area contributed by atoms with Gasteiger partial charge in [0.1, 0.15) is 5.01 Å². The van der Waals surface area contributed by atoms with E-state index in [0.717, 1.165) is 18.0 Å². The number of nitrogens with zero attached hydrogens (tertiary/aromatic N) is 1. The van der Waals surface area contributed by atoms with Gasteiger partial charge in [0.05, 0.1) is 6.04 Å². The van der Waals surface area contributed by atoms with Gasteiger partial charge in [-0.15, -0.1) is 11.3 Å². The molecule has 2 atom stereocenters. The van der Waals surface area contributed by atoms with Crippen molar-refractivity contribution in [2.75, 3.05) is 6.54 Å². The maximum Gasteiger partial charge on any atom is 0.109 e. The second kappa shape index (κ2) is 4.87. The molecule has 2 unspecified atom stereocenters. The Morgan fingerprint density at radius 2 is 2.43 bits per heavy atom. The summed E-state index contributed by atoms with van der Waals surface area (Å²) in [6.45, 7) is 7.11. The first-order valence-electron chi connectivity index (χ1n) is 4.97. The van der Waals surface area contributed by atoms with Crippen molar-refractivity contribution < 1.29 is 0 Å². The fourth-order valence-electron chi connectivity index (χ4n) is 1.05. The molecule has 80 valence electrons. The second-order valence-corrected chi connectivity index (χ2v) is 4.91. The van der Waals surface area contributed by atoms with Crippen LogP contribution >= 0.6 is 11.3 Å². The van der Waals surface area contributed by atoms with Crippen LogP contribution in [0.5, 0.6) is 0 Å². The molecule has 1 heterocycles. The third-order valence-electron chi connectivity index (χ3n) is 2.44. The normalized spacial score (nSPS) is 17.7. The SMILES string of the molecule is CCC(C)(N)CNC(C)c1nccs1. The maximum atomic E-state index is 6.04. The van der Waals surface area contributed by atoms with Crippen molar-refractivity contribution in [3.05, 3.63) is 16.6 Å². The first-order valence-corrected chi connectivity index (χ1v) is 5.85. The molecule has 14 heavy (non-hydrogen) atoms. The van der Waals surface area contributed by atoms with Crippen molar-refractivity contribution >= 4 is 11.3 Å². The van der Waals surface area contributed by atoms with Crippen LogP contribution in [0.4, 0.5) is 0 Å². The molecule has 0 bridgehead atoms.